The highest BCUT2D eigenvalue weighted by atomic mass is 35.5. The Kier molecular flexibility index (Phi) is 8.17. The Morgan fingerprint density at radius 3 is 2.89 bits per heavy atom. The number of aromatic nitrogens is 2. The molecule has 4 rings (SSSR count). The van der Waals surface area contributed by atoms with E-state index in [-0.39, 0.29) is 17.2 Å². The number of hydrogen-bond acceptors (Lipinski definition) is 7. The number of urea groups is 1. The van der Waals surface area contributed by atoms with E-state index in [1.165, 1.54) is 18.5 Å². The van der Waals surface area contributed by atoms with Gasteiger partial charge in [0.25, 0.3) is 0 Å². The highest BCUT2D eigenvalue weighted by Crippen LogP contribution is 2.35. The van der Waals surface area contributed by atoms with Crippen molar-refractivity contribution in [1.82, 2.24) is 20.2 Å². The third kappa shape index (κ3) is 6.68. The number of halogens is 2. The number of carbonyl (C=O) groups is 1. The summed E-state index contributed by atoms with van der Waals surface area (Å²) in [5.74, 6) is 0.458. The Morgan fingerprint density at radius 1 is 1.29 bits per heavy atom. The van der Waals surface area contributed by atoms with Crippen molar-refractivity contribution in [1.29, 1.82) is 0 Å². The molecule has 3 aromatic rings. The Morgan fingerprint density at radius 2 is 2.14 bits per heavy atom. The van der Waals surface area contributed by atoms with Gasteiger partial charge in [-0.15, -0.1) is 0 Å². The second kappa shape index (κ2) is 11.5. The van der Waals surface area contributed by atoms with Crippen LogP contribution in [0.2, 0.25) is 5.02 Å². The molecule has 2 heterocycles. The van der Waals surface area contributed by atoms with Gasteiger partial charge < -0.3 is 30.3 Å². The standard InChI is InChI=1S/C24H28ClFN6O3/c1-32(2)8-3-7-27-24(33)31-21-11-17-20(12-22(21)35-16-6-9-34-13-16)28-14-29-23(17)30-15-4-5-19(26)18(25)10-15/h4-5,10-12,14,16H,3,6-9,13H2,1-2H3,(H2,27,31,33)(H,28,29,30)/t16-/m0/s1. The van der Waals surface area contributed by atoms with Crippen LogP contribution in [0.1, 0.15) is 12.8 Å². The summed E-state index contributed by atoms with van der Waals surface area (Å²) in [6, 6.07) is 7.49. The Hall–Kier alpha value is -3.21. The lowest BCUT2D eigenvalue weighted by molar-refractivity contribution is 0.142. The van der Waals surface area contributed by atoms with Gasteiger partial charge in [-0.2, -0.15) is 0 Å². The smallest absolute Gasteiger partial charge is 0.319 e. The molecule has 0 bridgehead atoms. The van der Waals surface area contributed by atoms with Crippen molar-refractivity contribution in [2.75, 3.05) is 51.0 Å². The summed E-state index contributed by atoms with van der Waals surface area (Å²) in [7, 11) is 3.97. The summed E-state index contributed by atoms with van der Waals surface area (Å²) in [4.78, 5) is 23.4. The SMILES string of the molecule is CN(C)CCCNC(=O)Nc1cc2c(Nc3ccc(F)c(Cl)c3)ncnc2cc1O[C@H]1CCOC1. The zero-order valence-electron chi connectivity index (χ0n) is 19.6. The van der Waals surface area contributed by atoms with E-state index in [9.17, 15) is 9.18 Å². The van der Waals surface area contributed by atoms with Gasteiger partial charge in [0.15, 0.2) is 0 Å². The highest BCUT2D eigenvalue weighted by molar-refractivity contribution is 6.31. The van der Waals surface area contributed by atoms with E-state index in [1.807, 2.05) is 14.1 Å². The van der Waals surface area contributed by atoms with E-state index in [1.54, 1.807) is 18.2 Å². The van der Waals surface area contributed by atoms with Gasteiger partial charge in [0, 0.05) is 30.1 Å². The molecule has 1 aliphatic heterocycles. The molecule has 0 spiro atoms. The van der Waals surface area contributed by atoms with E-state index in [0.717, 1.165) is 19.4 Å². The molecule has 1 aromatic heterocycles. The van der Waals surface area contributed by atoms with Gasteiger partial charge in [-0.25, -0.2) is 19.2 Å². The summed E-state index contributed by atoms with van der Waals surface area (Å²) in [5.41, 5.74) is 1.65. The third-order valence-electron chi connectivity index (χ3n) is 5.42. The van der Waals surface area contributed by atoms with Crippen LogP contribution in [0, 0.1) is 5.82 Å². The number of benzene rings is 2. The molecular formula is C24H28ClFN6O3. The first kappa shape index (κ1) is 24.9. The van der Waals surface area contributed by atoms with Crippen molar-refractivity contribution in [3.63, 3.8) is 0 Å². The van der Waals surface area contributed by atoms with Crippen LogP contribution in [0.5, 0.6) is 5.75 Å². The lowest BCUT2D eigenvalue weighted by Crippen LogP contribution is -2.31. The van der Waals surface area contributed by atoms with Gasteiger partial charge in [0.2, 0.25) is 0 Å². The summed E-state index contributed by atoms with van der Waals surface area (Å²) in [6.07, 6.45) is 2.89. The van der Waals surface area contributed by atoms with Gasteiger partial charge >= 0.3 is 6.03 Å². The zero-order chi connectivity index (χ0) is 24.8. The fourth-order valence-corrected chi connectivity index (χ4v) is 3.82. The number of carbonyl (C=O) groups excluding carboxylic acids is 1. The van der Waals surface area contributed by atoms with Gasteiger partial charge in [-0.3, -0.25) is 0 Å². The van der Waals surface area contributed by atoms with Crippen molar-refractivity contribution in [3.8, 4) is 5.75 Å². The molecule has 1 fully saturated rings. The Labute approximate surface area is 208 Å². The minimum absolute atomic E-state index is 0.00359. The largest absolute Gasteiger partial charge is 0.486 e. The van der Waals surface area contributed by atoms with E-state index in [2.05, 4.69) is 30.8 Å². The first-order chi connectivity index (χ1) is 16.9. The van der Waals surface area contributed by atoms with E-state index in [0.29, 0.717) is 53.6 Å². The predicted molar refractivity (Wildman–Crippen MR) is 134 cm³/mol. The van der Waals surface area contributed by atoms with Crippen molar-refractivity contribution in [2.24, 2.45) is 0 Å². The molecule has 2 amide bonds. The first-order valence-corrected chi connectivity index (χ1v) is 11.7. The number of nitrogens with one attached hydrogen (secondary N) is 3. The topological polar surface area (TPSA) is 101 Å². The molecule has 0 unspecified atom stereocenters. The molecule has 2 aromatic carbocycles. The quantitative estimate of drug-likeness (QED) is 0.373. The van der Waals surface area contributed by atoms with Crippen LogP contribution in [-0.2, 0) is 4.74 Å². The summed E-state index contributed by atoms with van der Waals surface area (Å²) >= 11 is 5.92. The predicted octanol–water partition coefficient (Wildman–Crippen LogP) is 4.41. The minimum atomic E-state index is -0.509. The molecule has 0 aliphatic carbocycles. The van der Waals surface area contributed by atoms with Crippen LogP contribution in [0.25, 0.3) is 10.9 Å². The molecule has 1 saturated heterocycles. The van der Waals surface area contributed by atoms with Crippen LogP contribution in [-0.4, -0.2) is 67.4 Å². The van der Waals surface area contributed by atoms with Crippen LogP contribution >= 0.6 is 11.6 Å². The van der Waals surface area contributed by atoms with Crippen LogP contribution in [0.15, 0.2) is 36.7 Å². The maximum Gasteiger partial charge on any atom is 0.319 e. The maximum atomic E-state index is 13.6. The first-order valence-electron chi connectivity index (χ1n) is 11.3. The summed E-state index contributed by atoms with van der Waals surface area (Å²) < 4.78 is 25.1. The zero-order valence-corrected chi connectivity index (χ0v) is 20.4. The van der Waals surface area contributed by atoms with Gasteiger partial charge in [0.1, 0.15) is 29.8 Å². The average molecular weight is 503 g/mol. The Balaban J connectivity index is 1.61. The van der Waals surface area contributed by atoms with Gasteiger partial charge in [0.05, 0.1) is 29.4 Å². The van der Waals surface area contributed by atoms with Crippen molar-refractivity contribution < 1.29 is 18.7 Å². The van der Waals surface area contributed by atoms with E-state index < -0.39 is 5.82 Å². The molecule has 186 valence electrons. The number of anilines is 3. The minimum Gasteiger partial charge on any atom is -0.486 e. The summed E-state index contributed by atoms with van der Waals surface area (Å²) in [6.45, 7) is 2.51. The highest BCUT2D eigenvalue weighted by Gasteiger charge is 2.21. The molecule has 35 heavy (non-hydrogen) atoms. The molecule has 1 atom stereocenters. The molecular weight excluding hydrogens is 475 g/mol. The van der Waals surface area contributed by atoms with Gasteiger partial charge in [-0.05, 0) is 51.3 Å². The average Bonchev–Trinajstić information content (AvgIpc) is 3.33. The number of amides is 2. The number of ether oxygens (including phenoxy) is 2. The number of hydrogen-bond donors (Lipinski definition) is 3. The van der Waals surface area contributed by atoms with Crippen LogP contribution < -0.4 is 20.7 Å². The van der Waals surface area contributed by atoms with Crippen molar-refractivity contribution in [3.05, 3.63) is 47.5 Å². The number of nitrogens with zero attached hydrogens (tertiary/aromatic N) is 3. The fraction of sp³-hybridized carbons (Fsp3) is 0.375. The molecule has 1 aliphatic rings. The van der Waals surface area contributed by atoms with Gasteiger partial charge in [-0.1, -0.05) is 11.6 Å². The normalized spacial score (nSPS) is 15.4. The lowest BCUT2D eigenvalue weighted by atomic mass is 10.1. The fourth-order valence-electron chi connectivity index (χ4n) is 3.64. The number of rotatable bonds is 9. The molecule has 11 heteroatoms. The Bertz CT molecular complexity index is 1190. The van der Waals surface area contributed by atoms with Crippen LogP contribution in [0.3, 0.4) is 0 Å². The second-order valence-electron chi connectivity index (χ2n) is 8.48. The maximum absolute atomic E-state index is 13.6. The third-order valence-corrected chi connectivity index (χ3v) is 5.71. The number of fused-ring (bicyclic) bond motifs is 1. The van der Waals surface area contributed by atoms with Crippen LogP contribution in [0.4, 0.5) is 26.4 Å². The summed E-state index contributed by atoms with van der Waals surface area (Å²) in [5, 5.41) is 9.54. The van der Waals surface area contributed by atoms with E-state index in [4.69, 9.17) is 21.1 Å². The van der Waals surface area contributed by atoms with Crippen molar-refractivity contribution >= 4 is 45.7 Å². The second-order valence-corrected chi connectivity index (χ2v) is 8.89. The monoisotopic (exact) mass is 502 g/mol. The van der Waals surface area contributed by atoms with Crippen molar-refractivity contribution in [2.45, 2.75) is 18.9 Å². The molecule has 0 saturated carbocycles. The van der Waals surface area contributed by atoms with E-state index >= 15 is 0 Å². The molecule has 0 radical (unpaired) electrons. The molecule has 9 nitrogen and oxygen atoms in total. The molecule has 3 N–H and O–H groups in total. The lowest BCUT2D eigenvalue weighted by Gasteiger charge is -2.18.